The molecule has 11 heteroatoms. The zero-order chi connectivity index (χ0) is 13.9. The van der Waals surface area contributed by atoms with Crippen molar-refractivity contribution in [1.82, 2.24) is 0 Å². The van der Waals surface area contributed by atoms with Gasteiger partial charge in [0.05, 0.1) is 11.4 Å². The van der Waals surface area contributed by atoms with Gasteiger partial charge in [-0.05, 0) is 0 Å². The van der Waals surface area contributed by atoms with Gasteiger partial charge in [0, 0.05) is 0 Å². The van der Waals surface area contributed by atoms with E-state index in [1.807, 2.05) is 0 Å². The molecule has 0 bridgehead atoms. The maximum absolute atomic E-state index is 5.74. The van der Waals surface area contributed by atoms with E-state index in [0.717, 1.165) is 0 Å². The van der Waals surface area contributed by atoms with Crippen LogP contribution in [-0.2, 0) is 4.84 Å². The number of hydrogen-bond acceptors (Lipinski definition) is 11. The van der Waals surface area contributed by atoms with Crippen LogP contribution in [0, 0.1) is 0 Å². The predicted molar refractivity (Wildman–Crippen MR) is 60.9 cm³/mol. The van der Waals surface area contributed by atoms with Gasteiger partial charge in [0.1, 0.15) is 11.3 Å². The average Bonchev–Trinajstić information content (AvgIpc) is 2.23. The molecule has 100 valence electrons. The highest BCUT2D eigenvalue weighted by Crippen LogP contribution is 2.36. The van der Waals surface area contributed by atoms with E-state index < -0.39 is 22.7 Å². The average molecular weight is 248 g/mol. The molecule has 0 heterocycles. The third-order valence-corrected chi connectivity index (χ3v) is 3.31. The Morgan fingerprint density at radius 1 is 0.706 bits per heavy atom. The van der Waals surface area contributed by atoms with Crippen molar-refractivity contribution in [1.29, 1.82) is 0 Å². The van der Waals surface area contributed by atoms with E-state index in [0.29, 0.717) is 0 Å². The lowest BCUT2D eigenvalue weighted by Crippen LogP contribution is -2.99. The molecule has 0 aliphatic heterocycles. The molecule has 0 radical (unpaired) electrons. The molecule has 0 saturated carbocycles. The summed E-state index contributed by atoms with van der Waals surface area (Å²) in [6.45, 7) is 0. The fourth-order valence-electron chi connectivity index (χ4n) is 1.68. The van der Waals surface area contributed by atoms with E-state index in [-0.39, 0.29) is 11.4 Å². The van der Waals surface area contributed by atoms with E-state index in [1.54, 1.807) is 0 Å². The summed E-state index contributed by atoms with van der Waals surface area (Å²) >= 11 is 0. The molecule has 1 aliphatic rings. The van der Waals surface area contributed by atoms with Crippen LogP contribution in [0.3, 0.4) is 0 Å². The third kappa shape index (κ3) is 1.25. The van der Waals surface area contributed by atoms with Crippen LogP contribution >= 0.6 is 0 Å². The van der Waals surface area contributed by atoms with Crippen LogP contribution in [0.4, 0.5) is 0 Å². The Labute approximate surface area is 97.3 Å². The van der Waals surface area contributed by atoms with Crippen LogP contribution in [0.2, 0.25) is 0 Å². The smallest absolute Gasteiger partial charge is 0.213 e. The molecule has 0 spiro atoms. The standard InChI is InChI=1S/C6H20N10O/c7-1-2(8)4(11,17-16)6(14,15)5(12,13)3(1,9)10/h7-16H2. The molecule has 20 N–H and O–H groups in total. The summed E-state index contributed by atoms with van der Waals surface area (Å²) in [4.78, 5) is 4.50. The van der Waals surface area contributed by atoms with Gasteiger partial charge >= 0.3 is 0 Å². The first-order valence-electron chi connectivity index (χ1n) is 4.54. The van der Waals surface area contributed by atoms with Gasteiger partial charge in [0.15, 0.2) is 5.66 Å². The number of rotatable bonds is 1. The predicted octanol–water partition coefficient (Wildman–Crippen LogP) is -6.48. The first kappa shape index (κ1) is 14.0. The maximum atomic E-state index is 5.74. The summed E-state index contributed by atoms with van der Waals surface area (Å²) < 4.78 is 0. The molecule has 1 aliphatic carbocycles. The highest BCUT2D eigenvalue weighted by Gasteiger charge is 2.68. The summed E-state index contributed by atoms with van der Waals surface area (Å²) in [5.74, 6) is 5.03. The third-order valence-electron chi connectivity index (χ3n) is 3.31. The van der Waals surface area contributed by atoms with Crippen LogP contribution in [0.25, 0.3) is 0 Å². The van der Waals surface area contributed by atoms with Gasteiger partial charge < -0.3 is 45.9 Å². The van der Waals surface area contributed by atoms with E-state index in [4.69, 9.17) is 57.5 Å². The van der Waals surface area contributed by atoms with Crippen molar-refractivity contribution in [2.24, 2.45) is 57.5 Å². The van der Waals surface area contributed by atoms with E-state index >= 15 is 0 Å². The molecule has 1 atom stereocenters. The lowest BCUT2D eigenvalue weighted by Gasteiger charge is -2.58. The van der Waals surface area contributed by atoms with Crippen LogP contribution in [-0.4, -0.2) is 22.7 Å². The lowest BCUT2D eigenvalue weighted by molar-refractivity contribution is -0.116. The minimum absolute atomic E-state index is 0.304. The van der Waals surface area contributed by atoms with Gasteiger partial charge in [-0.2, -0.15) is 0 Å². The Morgan fingerprint density at radius 2 is 1.12 bits per heavy atom. The van der Waals surface area contributed by atoms with Crippen molar-refractivity contribution < 1.29 is 4.84 Å². The largest absolute Gasteiger partial charge is 0.398 e. The summed E-state index contributed by atoms with van der Waals surface area (Å²) in [5, 5.41) is 0. The van der Waals surface area contributed by atoms with Gasteiger partial charge in [0.25, 0.3) is 0 Å². The van der Waals surface area contributed by atoms with E-state index in [1.165, 1.54) is 0 Å². The SMILES string of the molecule is NOC1(N)C(N)=C(N)C(N)(N)C(N)(N)C1(N)N. The summed E-state index contributed by atoms with van der Waals surface area (Å²) in [6, 6.07) is 0. The normalized spacial score (nSPS) is 34.8. The maximum Gasteiger partial charge on any atom is 0.213 e. The molecule has 0 aromatic rings. The molecular formula is C6H20N10O. The minimum atomic E-state index is -2.16. The molecule has 0 aromatic carbocycles. The second-order valence-electron chi connectivity index (χ2n) is 4.29. The monoisotopic (exact) mass is 248 g/mol. The van der Waals surface area contributed by atoms with Gasteiger partial charge in [-0.1, -0.05) is 0 Å². The Balaban J connectivity index is 3.67. The fraction of sp³-hybridized carbons (Fsp3) is 0.667. The molecule has 11 nitrogen and oxygen atoms in total. The molecule has 1 rings (SSSR count). The highest BCUT2D eigenvalue weighted by molar-refractivity contribution is 5.43. The zero-order valence-electron chi connectivity index (χ0n) is 9.18. The molecule has 0 saturated heterocycles. The minimum Gasteiger partial charge on any atom is -0.398 e. The second-order valence-corrected chi connectivity index (χ2v) is 4.29. The summed E-state index contributed by atoms with van der Waals surface area (Å²) in [6.07, 6.45) is 0. The quantitative estimate of drug-likeness (QED) is 0.154. The van der Waals surface area contributed by atoms with E-state index in [2.05, 4.69) is 4.84 Å². The Kier molecular flexibility index (Phi) is 2.69. The van der Waals surface area contributed by atoms with Crippen molar-refractivity contribution in [3.05, 3.63) is 11.4 Å². The van der Waals surface area contributed by atoms with Crippen LogP contribution in [0.5, 0.6) is 0 Å². The Hall–Kier alpha value is -1.02. The topological polar surface area (TPSA) is 269 Å². The Morgan fingerprint density at radius 3 is 1.47 bits per heavy atom. The first-order valence-corrected chi connectivity index (χ1v) is 4.54. The van der Waals surface area contributed by atoms with Crippen LogP contribution in [0.15, 0.2) is 11.4 Å². The van der Waals surface area contributed by atoms with Crippen molar-refractivity contribution in [3.8, 4) is 0 Å². The van der Waals surface area contributed by atoms with E-state index in [9.17, 15) is 0 Å². The molecule has 0 aromatic heterocycles. The molecular weight excluding hydrogens is 228 g/mol. The molecule has 0 amide bonds. The van der Waals surface area contributed by atoms with Crippen molar-refractivity contribution in [2.75, 3.05) is 0 Å². The fourth-order valence-corrected chi connectivity index (χ4v) is 1.68. The first-order chi connectivity index (χ1) is 7.38. The molecule has 17 heavy (non-hydrogen) atoms. The van der Waals surface area contributed by atoms with Gasteiger partial charge in [-0.25, -0.2) is 5.90 Å². The highest BCUT2D eigenvalue weighted by atomic mass is 16.6. The number of hydrogen-bond donors (Lipinski definition) is 10. The van der Waals surface area contributed by atoms with Gasteiger partial charge in [-0.15, -0.1) is 0 Å². The summed E-state index contributed by atoms with van der Waals surface area (Å²) in [7, 11) is 0. The Bertz CT molecular complexity index is 373. The second kappa shape index (κ2) is 3.26. The van der Waals surface area contributed by atoms with Crippen molar-refractivity contribution in [2.45, 2.75) is 22.7 Å². The van der Waals surface area contributed by atoms with Crippen molar-refractivity contribution >= 4 is 0 Å². The summed E-state index contributed by atoms with van der Waals surface area (Å²) in [5.41, 5.74) is 42.3. The van der Waals surface area contributed by atoms with Crippen LogP contribution < -0.4 is 57.5 Å². The molecule has 1 unspecified atom stereocenters. The lowest BCUT2D eigenvalue weighted by atomic mass is 9.69. The molecule has 0 fully saturated rings. The number of nitrogens with two attached hydrogens (primary N) is 10. The van der Waals surface area contributed by atoms with Crippen molar-refractivity contribution in [3.63, 3.8) is 0 Å². The zero-order valence-corrected chi connectivity index (χ0v) is 9.18. The van der Waals surface area contributed by atoms with Gasteiger partial charge in [0.2, 0.25) is 5.72 Å². The van der Waals surface area contributed by atoms with Crippen LogP contribution in [0.1, 0.15) is 0 Å². The van der Waals surface area contributed by atoms with Gasteiger partial charge in [-0.3, -0.25) is 10.6 Å².